The average molecular weight is 346 g/mol. The number of halogens is 3. The number of carbonyl (C=O) groups excluding carboxylic acids is 1. The predicted octanol–water partition coefficient (Wildman–Crippen LogP) is 3.74. The number of ether oxygens (including phenoxy) is 1. The quantitative estimate of drug-likeness (QED) is 0.840. The normalized spacial score (nSPS) is 10.2. The van der Waals surface area contributed by atoms with Crippen molar-refractivity contribution in [2.75, 3.05) is 6.61 Å². The Kier molecular flexibility index (Phi) is 5.67. The summed E-state index contributed by atoms with van der Waals surface area (Å²) in [6, 6.07) is 6.58. The van der Waals surface area contributed by atoms with Crippen LogP contribution in [0.1, 0.15) is 5.56 Å². The smallest absolute Gasteiger partial charge is 0.258 e. The third kappa shape index (κ3) is 4.77. The number of benzene rings is 1. The van der Waals surface area contributed by atoms with Crippen molar-refractivity contribution in [1.82, 2.24) is 10.3 Å². The van der Waals surface area contributed by atoms with E-state index in [9.17, 15) is 4.79 Å². The number of rotatable bonds is 5. The van der Waals surface area contributed by atoms with Crippen LogP contribution in [0.3, 0.4) is 0 Å². The molecule has 1 aromatic heterocycles. The zero-order valence-electron chi connectivity index (χ0n) is 10.8. The molecule has 0 radical (unpaired) electrons. The molecule has 2 aromatic rings. The highest BCUT2D eigenvalue weighted by Crippen LogP contribution is 2.33. The Labute approximate surface area is 137 Å². The molecule has 110 valence electrons. The predicted molar refractivity (Wildman–Crippen MR) is 83.1 cm³/mol. The number of amides is 1. The Bertz CT molecular complexity index is 636. The van der Waals surface area contributed by atoms with Gasteiger partial charge in [0.15, 0.2) is 6.61 Å². The summed E-state index contributed by atoms with van der Waals surface area (Å²) < 4.78 is 5.32. The summed E-state index contributed by atoms with van der Waals surface area (Å²) in [5.74, 6) is 0.0408. The van der Waals surface area contributed by atoms with E-state index in [0.717, 1.165) is 5.56 Å². The fourth-order valence-corrected chi connectivity index (χ4v) is 2.10. The molecule has 1 heterocycles. The van der Waals surface area contributed by atoms with Gasteiger partial charge in [-0.15, -0.1) is 0 Å². The van der Waals surface area contributed by atoms with Crippen molar-refractivity contribution in [1.29, 1.82) is 0 Å². The lowest BCUT2D eigenvalue weighted by Gasteiger charge is -2.09. The van der Waals surface area contributed by atoms with Gasteiger partial charge in [-0.05, 0) is 23.8 Å². The molecule has 0 bridgehead atoms. The van der Waals surface area contributed by atoms with Gasteiger partial charge in [0.05, 0.1) is 15.1 Å². The summed E-state index contributed by atoms with van der Waals surface area (Å²) in [7, 11) is 0. The lowest BCUT2D eigenvalue weighted by Crippen LogP contribution is -2.28. The van der Waals surface area contributed by atoms with Gasteiger partial charge in [0.2, 0.25) is 0 Å². The highest BCUT2D eigenvalue weighted by atomic mass is 35.5. The first kappa shape index (κ1) is 15.9. The molecule has 1 N–H and O–H groups in total. The molecule has 0 aliphatic carbocycles. The third-order valence-electron chi connectivity index (χ3n) is 2.57. The van der Waals surface area contributed by atoms with E-state index in [1.54, 1.807) is 12.4 Å². The Morgan fingerprint density at radius 1 is 1.10 bits per heavy atom. The maximum atomic E-state index is 11.7. The highest BCUT2D eigenvalue weighted by Gasteiger charge is 2.09. The summed E-state index contributed by atoms with van der Waals surface area (Å²) in [5, 5.41) is 3.66. The van der Waals surface area contributed by atoms with Gasteiger partial charge in [-0.1, -0.05) is 34.8 Å². The van der Waals surface area contributed by atoms with Crippen LogP contribution in [0.2, 0.25) is 15.1 Å². The standard InChI is InChI=1S/C14H11Cl3N2O2/c15-10-5-12(17)13(6-11(10)16)21-8-14(20)19-7-9-1-3-18-4-2-9/h1-6H,7-8H2,(H,19,20). The van der Waals surface area contributed by atoms with Crippen LogP contribution in [0.5, 0.6) is 5.75 Å². The second kappa shape index (κ2) is 7.50. The maximum absolute atomic E-state index is 11.7. The largest absolute Gasteiger partial charge is 0.482 e. The zero-order valence-corrected chi connectivity index (χ0v) is 13.0. The van der Waals surface area contributed by atoms with E-state index in [1.165, 1.54) is 12.1 Å². The van der Waals surface area contributed by atoms with Crippen LogP contribution in [0.25, 0.3) is 0 Å². The molecular formula is C14H11Cl3N2O2. The third-order valence-corrected chi connectivity index (χ3v) is 3.59. The summed E-state index contributed by atoms with van der Waals surface area (Å²) in [4.78, 5) is 15.6. The number of nitrogens with zero attached hydrogens (tertiary/aromatic N) is 1. The van der Waals surface area contributed by atoms with Gasteiger partial charge in [-0.2, -0.15) is 0 Å². The summed E-state index contributed by atoms with van der Waals surface area (Å²) >= 11 is 17.6. The van der Waals surface area contributed by atoms with Crippen molar-refractivity contribution in [2.45, 2.75) is 6.54 Å². The molecule has 7 heteroatoms. The number of hydrogen-bond donors (Lipinski definition) is 1. The molecule has 0 fully saturated rings. The highest BCUT2D eigenvalue weighted by molar-refractivity contribution is 6.43. The van der Waals surface area contributed by atoms with Crippen LogP contribution >= 0.6 is 34.8 Å². The van der Waals surface area contributed by atoms with E-state index in [1.807, 2.05) is 12.1 Å². The second-order valence-corrected chi connectivity index (χ2v) is 5.34. The summed E-state index contributed by atoms with van der Waals surface area (Å²) in [6.45, 7) is 0.239. The lowest BCUT2D eigenvalue weighted by atomic mass is 10.3. The average Bonchev–Trinajstić information content (AvgIpc) is 2.48. The zero-order chi connectivity index (χ0) is 15.2. The molecule has 4 nitrogen and oxygen atoms in total. The van der Waals surface area contributed by atoms with Crippen LogP contribution in [0.4, 0.5) is 0 Å². The minimum absolute atomic E-state index is 0.164. The Morgan fingerprint density at radius 2 is 1.76 bits per heavy atom. The summed E-state index contributed by atoms with van der Waals surface area (Å²) in [6.07, 6.45) is 3.32. The number of aromatic nitrogens is 1. The van der Waals surface area contributed by atoms with Gasteiger partial charge in [-0.25, -0.2) is 0 Å². The van der Waals surface area contributed by atoms with E-state index in [2.05, 4.69) is 10.3 Å². The molecule has 0 saturated carbocycles. The topological polar surface area (TPSA) is 51.2 Å². The van der Waals surface area contributed by atoms with E-state index in [-0.39, 0.29) is 12.5 Å². The number of nitrogens with one attached hydrogen (secondary N) is 1. The minimum atomic E-state index is -0.269. The van der Waals surface area contributed by atoms with Crippen LogP contribution in [0, 0.1) is 0 Å². The van der Waals surface area contributed by atoms with Gasteiger partial charge in [0, 0.05) is 25.0 Å². The fraction of sp³-hybridized carbons (Fsp3) is 0.143. The molecule has 1 amide bonds. The van der Waals surface area contributed by atoms with Crippen molar-refractivity contribution in [3.63, 3.8) is 0 Å². The molecule has 0 aliphatic heterocycles. The molecule has 0 spiro atoms. The van der Waals surface area contributed by atoms with Crippen molar-refractivity contribution in [3.05, 3.63) is 57.3 Å². The molecule has 0 saturated heterocycles. The Morgan fingerprint density at radius 3 is 2.48 bits per heavy atom. The van der Waals surface area contributed by atoms with Gasteiger partial charge < -0.3 is 10.1 Å². The first-order valence-electron chi connectivity index (χ1n) is 5.99. The van der Waals surface area contributed by atoms with Gasteiger partial charge in [0.25, 0.3) is 5.91 Å². The maximum Gasteiger partial charge on any atom is 0.258 e. The van der Waals surface area contributed by atoms with Gasteiger partial charge >= 0.3 is 0 Å². The molecule has 1 aromatic carbocycles. The number of hydrogen-bond acceptors (Lipinski definition) is 3. The van der Waals surface area contributed by atoms with Crippen LogP contribution in [-0.2, 0) is 11.3 Å². The van der Waals surface area contributed by atoms with Crippen LogP contribution < -0.4 is 10.1 Å². The molecule has 0 unspecified atom stereocenters. The second-order valence-electron chi connectivity index (χ2n) is 4.12. The minimum Gasteiger partial charge on any atom is -0.482 e. The Balaban J connectivity index is 1.85. The molecular weight excluding hydrogens is 335 g/mol. The van der Waals surface area contributed by atoms with Crippen molar-refractivity contribution in [3.8, 4) is 5.75 Å². The molecule has 0 atom stereocenters. The fourth-order valence-electron chi connectivity index (χ4n) is 1.51. The lowest BCUT2D eigenvalue weighted by molar-refractivity contribution is -0.123. The van der Waals surface area contributed by atoms with E-state index in [0.29, 0.717) is 27.4 Å². The van der Waals surface area contributed by atoms with Gasteiger partial charge in [-0.3, -0.25) is 9.78 Å². The number of pyridine rings is 1. The molecule has 21 heavy (non-hydrogen) atoms. The van der Waals surface area contributed by atoms with Crippen molar-refractivity contribution in [2.24, 2.45) is 0 Å². The summed E-state index contributed by atoms with van der Waals surface area (Å²) in [5.41, 5.74) is 0.950. The van der Waals surface area contributed by atoms with Crippen LogP contribution in [-0.4, -0.2) is 17.5 Å². The van der Waals surface area contributed by atoms with E-state index < -0.39 is 0 Å². The Hall–Kier alpha value is -1.49. The van der Waals surface area contributed by atoms with Crippen molar-refractivity contribution < 1.29 is 9.53 Å². The van der Waals surface area contributed by atoms with Crippen molar-refractivity contribution >= 4 is 40.7 Å². The molecule has 2 rings (SSSR count). The SMILES string of the molecule is O=C(COc1cc(Cl)c(Cl)cc1Cl)NCc1ccncc1. The van der Waals surface area contributed by atoms with Gasteiger partial charge in [0.1, 0.15) is 5.75 Å². The number of carbonyl (C=O) groups is 1. The first-order chi connectivity index (χ1) is 10.1. The van der Waals surface area contributed by atoms with E-state index >= 15 is 0 Å². The monoisotopic (exact) mass is 344 g/mol. The van der Waals surface area contributed by atoms with Crippen LogP contribution in [0.15, 0.2) is 36.7 Å². The first-order valence-corrected chi connectivity index (χ1v) is 7.12. The van der Waals surface area contributed by atoms with E-state index in [4.69, 9.17) is 39.5 Å². The molecule has 0 aliphatic rings.